The first-order valence-electron chi connectivity index (χ1n) is 9.98. The highest BCUT2D eigenvalue weighted by atomic mass is 32.2. The van der Waals surface area contributed by atoms with Crippen LogP contribution in [0.3, 0.4) is 0 Å². The van der Waals surface area contributed by atoms with Crippen LogP contribution in [0.1, 0.15) is 29.7 Å². The van der Waals surface area contributed by atoms with E-state index in [1.165, 1.54) is 12.5 Å². The van der Waals surface area contributed by atoms with Crippen molar-refractivity contribution in [3.8, 4) is 0 Å². The highest BCUT2D eigenvalue weighted by molar-refractivity contribution is 7.89. The second-order valence-electron chi connectivity index (χ2n) is 7.98. The summed E-state index contributed by atoms with van der Waals surface area (Å²) in [6.45, 7) is -1.51. The Morgan fingerprint density at radius 3 is 2.45 bits per heavy atom. The zero-order chi connectivity index (χ0) is 24.0. The molecule has 2 aliphatic rings. The molecule has 14 heteroatoms. The molecule has 0 spiro atoms. The summed E-state index contributed by atoms with van der Waals surface area (Å²) in [4.78, 5) is 8.31. The smallest absolute Gasteiger partial charge is 0.376 e. The summed E-state index contributed by atoms with van der Waals surface area (Å²) in [5.74, 6) is 0. The molecule has 1 aliphatic carbocycles. The van der Waals surface area contributed by atoms with E-state index < -0.39 is 46.4 Å². The SMILES string of the molecule is O=S(=O)(N1Cc2cc(C(F)(F)F)ccc2N(Cc2cnc[nH]2)[C@@H](COC2CC2)C1)C(F)(F)F. The van der Waals surface area contributed by atoms with Crippen LogP contribution < -0.4 is 4.90 Å². The van der Waals surface area contributed by atoms with E-state index in [0.717, 1.165) is 25.0 Å². The normalized spacial score (nSPS) is 20.5. The number of rotatable bonds is 6. The lowest BCUT2D eigenvalue weighted by Crippen LogP contribution is -2.48. The predicted octanol–water partition coefficient (Wildman–Crippen LogP) is 3.65. The van der Waals surface area contributed by atoms with Gasteiger partial charge in [-0.15, -0.1) is 0 Å². The van der Waals surface area contributed by atoms with Gasteiger partial charge in [-0.2, -0.15) is 30.6 Å². The van der Waals surface area contributed by atoms with E-state index in [1.807, 2.05) is 0 Å². The molecule has 0 bridgehead atoms. The van der Waals surface area contributed by atoms with Crippen molar-refractivity contribution in [2.45, 2.75) is 49.8 Å². The van der Waals surface area contributed by atoms with Crippen molar-refractivity contribution < 1.29 is 39.5 Å². The number of nitrogens with one attached hydrogen (secondary N) is 1. The summed E-state index contributed by atoms with van der Waals surface area (Å²) in [5, 5.41) is 0. The minimum absolute atomic E-state index is 0.0525. The number of ether oxygens (including phenoxy) is 1. The molecule has 1 aromatic heterocycles. The number of benzene rings is 1. The number of imidazole rings is 1. The van der Waals surface area contributed by atoms with E-state index in [0.29, 0.717) is 11.8 Å². The molecule has 2 aromatic rings. The number of H-pyrrole nitrogens is 1. The van der Waals surface area contributed by atoms with E-state index in [1.54, 1.807) is 4.90 Å². The second-order valence-corrected chi connectivity index (χ2v) is 9.91. The molecule has 1 fully saturated rings. The average molecular weight is 498 g/mol. The molecule has 1 atom stereocenters. The molecule has 0 saturated heterocycles. The fraction of sp³-hybridized carbons (Fsp3) is 0.526. The van der Waals surface area contributed by atoms with Gasteiger partial charge in [0.15, 0.2) is 0 Å². The van der Waals surface area contributed by atoms with Crippen LogP contribution in [-0.4, -0.2) is 53.5 Å². The van der Waals surface area contributed by atoms with Crippen molar-refractivity contribution >= 4 is 15.7 Å². The van der Waals surface area contributed by atoms with Crippen LogP contribution in [0.2, 0.25) is 0 Å². The van der Waals surface area contributed by atoms with Crippen LogP contribution in [0.25, 0.3) is 0 Å². The van der Waals surface area contributed by atoms with Gasteiger partial charge in [-0.25, -0.2) is 13.4 Å². The highest BCUT2D eigenvalue weighted by Gasteiger charge is 2.51. The minimum Gasteiger partial charge on any atom is -0.376 e. The van der Waals surface area contributed by atoms with Crippen LogP contribution in [0, 0.1) is 0 Å². The molecular formula is C19H20F6N4O3S. The Balaban J connectivity index is 1.80. The van der Waals surface area contributed by atoms with Crippen molar-refractivity contribution in [2.75, 3.05) is 18.1 Å². The maximum absolute atomic E-state index is 13.4. The third kappa shape index (κ3) is 5.11. The summed E-state index contributed by atoms with van der Waals surface area (Å²) in [5.41, 5.74) is -6.13. The molecule has 0 amide bonds. The lowest BCUT2D eigenvalue weighted by molar-refractivity contribution is -0.137. The Morgan fingerprint density at radius 2 is 1.88 bits per heavy atom. The number of sulfonamides is 1. The quantitative estimate of drug-likeness (QED) is 0.616. The summed E-state index contributed by atoms with van der Waals surface area (Å²) in [6.07, 6.45) is -0.402. The number of anilines is 1. The van der Waals surface area contributed by atoms with E-state index >= 15 is 0 Å². The summed E-state index contributed by atoms with van der Waals surface area (Å²) in [6, 6.07) is 1.79. The van der Waals surface area contributed by atoms with Gasteiger partial charge < -0.3 is 14.6 Å². The lowest BCUT2D eigenvalue weighted by atomic mass is 10.1. The molecule has 33 heavy (non-hydrogen) atoms. The van der Waals surface area contributed by atoms with E-state index in [4.69, 9.17) is 4.74 Å². The van der Waals surface area contributed by atoms with Gasteiger partial charge in [-0.3, -0.25) is 0 Å². The Morgan fingerprint density at radius 1 is 1.15 bits per heavy atom. The standard InChI is InChI=1S/C19H20F6N4O3S/c20-18(21,22)13-1-4-17-12(5-13)7-28(33(30,31)19(23,24)25)9-15(10-32-16-2-3-16)29(17)8-14-6-26-11-27-14/h1,4-6,11,15-16H,2-3,7-10H2,(H,26,27)/t15-/m1/s1. The number of halogens is 6. The number of hydrogen-bond donors (Lipinski definition) is 1. The molecule has 1 aromatic carbocycles. The second kappa shape index (κ2) is 8.47. The molecule has 182 valence electrons. The number of aromatic amines is 1. The largest absolute Gasteiger partial charge is 0.511 e. The Labute approximate surface area is 185 Å². The van der Waals surface area contributed by atoms with Crippen molar-refractivity contribution in [2.24, 2.45) is 0 Å². The van der Waals surface area contributed by atoms with Crippen molar-refractivity contribution in [1.82, 2.24) is 14.3 Å². The molecule has 1 aliphatic heterocycles. The molecule has 1 saturated carbocycles. The predicted molar refractivity (Wildman–Crippen MR) is 104 cm³/mol. The molecule has 7 nitrogen and oxygen atoms in total. The van der Waals surface area contributed by atoms with Crippen LogP contribution >= 0.6 is 0 Å². The van der Waals surface area contributed by atoms with E-state index in [2.05, 4.69) is 9.97 Å². The van der Waals surface area contributed by atoms with Crippen LogP contribution in [0.5, 0.6) is 0 Å². The topological polar surface area (TPSA) is 78.5 Å². The Bertz CT molecular complexity index is 1080. The Kier molecular flexibility index (Phi) is 6.12. The summed E-state index contributed by atoms with van der Waals surface area (Å²) < 4.78 is 111. The van der Waals surface area contributed by atoms with Crippen LogP contribution in [0.15, 0.2) is 30.7 Å². The minimum atomic E-state index is -5.81. The van der Waals surface area contributed by atoms with Gasteiger partial charge in [-0.1, -0.05) is 0 Å². The maximum Gasteiger partial charge on any atom is 0.511 e. The first kappa shape index (κ1) is 23.8. The molecular weight excluding hydrogens is 478 g/mol. The van der Waals surface area contributed by atoms with Gasteiger partial charge in [0.2, 0.25) is 0 Å². The number of hydrogen-bond acceptors (Lipinski definition) is 5. The number of aromatic nitrogens is 2. The van der Waals surface area contributed by atoms with Gasteiger partial charge in [-0.05, 0) is 36.6 Å². The van der Waals surface area contributed by atoms with Crippen LogP contribution in [-0.2, 0) is 34.0 Å². The molecule has 0 unspecified atom stereocenters. The van der Waals surface area contributed by atoms with Crippen molar-refractivity contribution in [3.63, 3.8) is 0 Å². The van der Waals surface area contributed by atoms with Crippen molar-refractivity contribution in [3.05, 3.63) is 47.5 Å². The van der Waals surface area contributed by atoms with E-state index in [-0.39, 0.29) is 34.8 Å². The van der Waals surface area contributed by atoms with Gasteiger partial charge in [0, 0.05) is 25.0 Å². The lowest BCUT2D eigenvalue weighted by Gasteiger charge is -2.33. The molecule has 0 radical (unpaired) electrons. The summed E-state index contributed by atoms with van der Waals surface area (Å²) in [7, 11) is -5.81. The number of fused-ring (bicyclic) bond motifs is 1. The highest BCUT2D eigenvalue weighted by Crippen LogP contribution is 2.38. The monoisotopic (exact) mass is 498 g/mol. The van der Waals surface area contributed by atoms with Crippen molar-refractivity contribution in [1.29, 1.82) is 0 Å². The maximum atomic E-state index is 13.4. The van der Waals surface area contributed by atoms with Crippen LogP contribution in [0.4, 0.5) is 32.0 Å². The fourth-order valence-electron chi connectivity index (χ4n) is 3.68. The number of alkyl halides is 6. The molecule has 2 heterocycles. The summed E-state index contributed by atoms with van der Waals surface area (Å²) >= 11 is 0. The zero-order valence-corrected chi connectivity index (χ0v) is 17.8. The Hall–Kier alpha value is -2.32. The third-order valence-corrected chi connectivity index (χ3v) is 7.04. The van der Waals surface area contributed by atoms with Gasteiger partial charge in [0.25, 0.3) is 0 Å². The molecule has 4 rings (SSSR count). The number of nitrogens with zero attached hydrogens (tertiary/aromatic N) is 3. The first-order valence-corrected chi connectivity index (χ1v) is 11.4. The zero-order valence-electron chi connectivity index (χ0n) is 17.0. The van der Waals surface area contributed by atoms with E-state index in [9.17, 15) is 34.8 Å². The fourth-order valence-corrected chi connectivity index (χ4v) is 4.65. The van der Waals surface area contributed by atoms with Gasteiger partial charge in [0.1, 0.15) is 0 Å². The van der Waals surface area contributed by atoms with Gasteiger partial charge in [0.05, 0.1) is 42.9 Å². The first-order chi connectivity index (χ1) is 15.4. The third-order valence-electron chi connectivity index (χ3n) is 5.49. The van der Waals surface area contributed by atoms with Gasteiger partial charge >= 0.3 is 21.7 Å². The average Bonchev–Trinajstić information content (AvgIpc) is 3.43. The molecule has 1 N–H and O–H groups in total.